The molecule has 0 amide bonds. The van der Waals surface area contributed by atoms with E-state index in [-0.39, 0.29) is 0 Å². The highest BCUT2D eigenvalue weighted by atomic mass is 15.3. The van der Waals surface area contributed by atoms with Crippen LogP contribution < -0.4 is 5.73 Å². The zero-order valence-corrected chi connectivity index (χ0v) is 7.87. The van der Waals surface area contributed by atoms with Crippen LogP contribution in [0.2, 0.25) is 0 Å². The summed E-state index contributed by atoms with van der Waals surface area (Å²) in [5, 5.41) is 0. The molecule has 3 heteroatoms. The maximum Gasteiger partial charge on any atom is 0.0374 e. The lowest BCUT2D eigenvalue weighted by Gasteiger charge is -2.25. The van der Waals surface area contributed by atoms with Crippen LogP contribution in [0, 0.1) is 0 Å². The molecule has 2 aliphatic heterocycles. The monoisotopic (exact) mass is 169 g/mol. The third-order valence-corrected chi connectivity index (χ3v) is 3.20. The lowest BCUT2D eigenvalue weighted by atomic mass is 10.1. The highest BCUT2D eigenvalue weighted by molar-refractivity contribution is 4.92. The summed E-state index contributed by atoms with van der Waals surface area (Å²) in [6.07, 6.45) is 2.50. The van der Waals surface area contributed by atoms with E-state index in [1.807, 2.05) is 0 Å². The Morgan fingerprint density at radius 2 is 2.08 bits per heavy atom. The molecule has 2 fully saturated rings. The van der Waals surface area contributed by atoms with E-state index in [0.29, 0.717) is 12.1 Å². The van der Waals surface area contributed by atoms with Crippen LogP contribution in [0.15, 0.2) is 0 Å². The van der Waals surface area contributed by atoms with Crippen molar-refractivity contribution < 1.29 is 0 Å². The van der Waals surface area contributed by atoms with Crippen LogP contribution in [0.5, 0.6) is 0 Å². The molecule has 0 aromatic rings. The lowest BCUT2D eigenvalue weighted by molar-refractivity contribution is 0.230. The van der Waals surface area contributed by atoms with Gasteiger partial charge in [0.05, 0.1) is 0 Å². The maximum atomic E-state index is 6.05. The van der Waals surface area contributed by atoms with Gasteiger partial charge in [-0.25, -0.2) is 0 Å². The molecule has 2 rings (SSSR count). The highest BCUT2D eigenvalue weighted by Gasteiger charge is 2.33. The molecule has 0 bridgehead atoms. The van der Waals surface area contributed by atoms with E-state index in [0.717, 1.165) is 0 Å². The first-order valence-corrected chi connectivity index (χ1v) is 4.95. The third kappa shape index (κ3) is 1.49. The van der Waals surface area contributed by atoms with Crippen molar-refractivity contribution in [3.05, 3.63) is 0 Å². The van der Waals surface area contributed by atoms with Gasteiger partial charge < -0.3 is 10.6 Å². The Labute approximate surface area is 74.5 Å². The molecule has 3 nitrogen and oxygen atoms in total. The van der Waals surface area contributed by atoms with E-state index in [2.05, 4.69) is 16.8 Å². The van der Waals surface area contributed by atoms with Crippen LogP contribution in [0.3, 0.4) is 0 Å². The van der Waals surface area contributed by atoms with Crippen molar-refractivity contribution in [2.75, 3.05) is 33.2 Å². The van der Waals surface area contributed by atoms with Crippen molar-refractivity contribution >= 4 is 0 Å². The molecule has 0 aromatic heterocycles. The SMILES string of the molecule is CN1CCCN2CCC(N)C2C1. The average Bonchev–Trinajstić information content (AvgIpc) is 2.31. The number of hydrogen-bond acceptors (Lipinski definition) is 3. The van der Waals surface area contributed by atoms with E-state index >= 15 is 0 Å². The quantitative estimate of drug-likeness (QED) is 0.541. The molecule has 2 atom stereocenters. The molecule has 70 valence electrons. The minimum Gasteiger partial charge on any atom is -0.326 e. The van der Waals surface area contributed by atoms with Crippen molar-refractivity contribution in [3.63, 3.8) is 0 Å². The Bertz CT molecular complexity index is 160. The van der Waals surface area contributed by atoms with E-state index in [1.54, 1.807) is 0 Å². The first-order chi connectivity index (χ1) is 5.77. The summed E-state index contributed by atoms with van der Waals surface area (Å²) in [6.45, 7) is 4.88. The normalized spacial score (nSPS) is 39.5. The topological polar surface area (TPSA) is 32.5 Å². The molecular formula is C9H19N3. The Balaban J connectivity index is 2.03. The predicted molar refractivity (Wildman–Crippen MR) is 50.1 cm³/mol. The van der Waals surface area contributed by atoms with Gasteiger partial charge in [0, 0.05) is 25.2 Å². The highest BCUT2D eigenvalue weighted by Crippen LogP contribution is 2.19. The summed E-state index contributed by atoms with van der Waals surface area (Å²) in [6, 6.07) is 1.06. The molecular weight excluding hydrogens is 150 g/mol. The van der Waals surface area contributed by atoms with Gasteiger partial charge in [0.2, 0.25) is 0 Å². The molecule has 0 spiro atoms. The second kappa shape index (κ2) is 3.32. The van der Waals surface area contributed by atoms with Crippen molar-refractivity contribution in [1.29, 1.82) is 0 Å². The summed E-state index contributed by atoms with van der Waals surface area (Å²) in [5.74, 6) is 0. The van der Waals surface area contributed by atoms with Gasteiger partial charge in [0.25, 0.3) is 0 Å². The third-order valence-electron chi connectivity index (χ3n) is 3.20. The van der Waals surface area contributed by atoms with Crippen molar-refractivity contribution in [3.8, 4) is 0 Å². The molecule has 0 aromatic carbocycles. The maximum absolute atomic E-state index is 6.05. The number of fused-ring (bicyclic) bond motifs is 1. The Hall–Kier alpha value is -0.120. The minimum absolute atomic E-state index is 0.422. The van der Waals surface area contributed by atoms with Crippen LogP contribution in [0.4, 0.5) is 0 Å². The standard InChI is InChI=1S/C9H19N3/c1-11-4-2-5-12-6-3-8(10)9(12)7-11/h8-9H,2-7,10H2,1H3. The molecule has 2 unspecified atom stereocenters. The Kier molecular flexibility index (Phi) is 2.35. The smallest absolute Gasteiger partial charge is 0.0374 e. The fraction of sp³-hybridized carbons (Fsp3) is 1.00. The first-order valence-electron chi connectivity index (χ1n) is 4.95. The van der Waals surface area contributed by atoms with Gasteiger partial charge in [-0.3, -0.25) is 4.90 Å². The summed E-state index contributed by atoms with van der Waals surface area (Å²) in [7, 11) is 2.20. The molecule has 2 N–H and O–H groups in total. The van der Waals surface area contributed by atoms with Gasteiger partial charge in [0.1, 0.15) is 0 Å². The Morgan fingerprint density at radius 3 is 2.92 bits per heavy atom. The van der Waals surface area contributed by atoms with E-state index in [1.165, 1.54) is 39.0 Å². The van der Waals surface area contributed by atoms with Gasteiger partial charge in [-0.05, 0) is 33.0 Å². The van der Waals surface area contributed by atoms with Crippen molar-refractivity contribution in [2.24, 2.45) is 5.73 Å². The molecule has 2 saturated heterocycles. The van der Waals surface area contributed by atoms with Gasteiger partial charge >= 0.3 is 0 Å². The second-order valence-corrected chi connectivity index (χ2v) is 4.17. The summed E-state index contributed by atoms with van der Waals surface area (Å²) < 4.78 is 0. The van der Waals surface area contributed by atoms with Crippen LogP contribution >= 0.6 is 0 Å². The number of nitrogens with zero attached hydrogens (tertiary/aromatic N) is 2. The molecule has 2 aliphatic rings. The van der Waals surface area contributed by atoms with Gasteiger partial charge in [0.15, 0.2) is 0 Å². The van der Waals surface area contributed by atoms with Gasteiger partial charge in [-0.1, -0.05) is 0 Å². The number of rotatable bonds is 0. The van der Waals surface area contributed by atoms with E-state index in [4.69, 9.17) is 5.73 Å². The second-order valence-electron chi connectivity index (χ2n) is 4.17. The largest absolute Gasteiger partial charge is 0.326 e. The Morgan fingerprint density at radius 1 is 1.25 bits per heavy atom. The predicted octanol–water partition coefficient (Wildman–Crippen LogP) is -0.276. The summed E-state index contributed by atoms with van der Waals surface area (Å²) >= 11 is 0. The molecule has 0 saturated carbocycles. The van der Waals surface area contributed by atoms with Gasteiger partial charge in [-0.15, -0.1) is 0 Å². The van der Waals surface area contributed by atoms with Crippen LogP contribution in [-0.2, 0) is 0 Å². The summed E-state index contributed by atoms with van der Waals surface area (Å²) in [4.78, 5) is 4.98. The number of nitrogens with two attached hydrogens (primary N) is 1. The molecule has 0 radical (unpaired) electrons. The molecule has 12 heavy (non-hydrogen) atoms. The molecule has 0 aliphatic carbocycles. The zero-order valence-electron chi connectivity index (χ0n) is 7.87. The van der Waals surface area contributed by atoms with Crippen molar-refractivity contribution in [2.45, 2.75) is 24.9 Å². The van der Waals surface area contributed by atoms with E-state index < -0.39 is 0 Å². The number of likely N-dealkylation sites (N-methyl/N-ethyl adjacent to an activating group) is 1. The summed E-state index contributed by atoms with van der Waals surface area (Å²) in [5.41, 5.74) is 6.05. The minimum atomic E-state index is 0.422. The fourth-order valence-corrected chi connectivity index (χ4v) is 2.43. The fourth-order valence-electron chi connectivity index (χ4n) is 2.43. The van der Waals surface area contributed by atoms with Crippen molar-refractivity contribution in [1.82, 2.24) is 9.80 Å². The molecule has 2 heterocycles. The lowest BCUT2D eigenvalue weighted by Crippen LogP contribution is -2.44. The zero-order chi connectivity index (χ0) is 8.55. The van der Waals surface area contributed by atoms with Crippen LogP contribution in [0.25, 0.3) is 0 Å². The number of hydrogen-bond donors (Lipinski definition) is 1. The average molecular weight is 169 g/mol. The van der Waals surface area contributed by atoms with Crippen LogP contribution in [-0.4, -0.2) is 55.1 Å². The van der Waals surface area contributed by atoms with E-state index in [9.17, 15) is 0 Å². The van der Waals surface area contributed by atoms with Crippen LogP contribution in [0.1, 0.15) is 12.8 Å². The first kappa shape index (κ1) is 8.48. The van der Waals surface area contributed by atoms with Gasteiger partial charge in [-0.2, -0.15) is 0 Å².